The molecule has 2 aromatic rings. The highest BCUT2D eigenvalue weighted by Gasteiger charge is 2.23. The van der Waals surface area contributed by atoms with E-state index in [-0.39, 0.29) is 0 Å². The van der Waals surface area contributed by atoms with Gasteiger partial charge in [-0.25, -0.2) is 5.53 Å². The molecule has 0 radical (unpaired) electrons. The van der Waals surface area contributed by atoms with Gasteiger partial charge in [0.1, 0.15) is 5.70 Å². The molecule has 2 aromatic carbocycles. The molecule has 1 heterocycles. The molecule has 0 saturated heterocycles. The Morgan fingerprint density at radius 1 is 1.05 bits per heavy atom. The zero-order valence-corrected chi connectivity index (χ0v) is 12.9. The fourth-order valence-electron chi connectivity index (χ4n) is 2.96. The van der Waals surface area contributed by atoms with E-state index in [1.54, 1.807) is 0 Å². The Morgan fingerprint density at radius 3 is 2.36 bits per heavy atom. The summed E-state index contributed by atoms with van der Waals surface area (Å²) in [6, 6.07) is 16.5. The second kappa shape index (κ2) is 5.64. The van der Waals surface area contributed by atoms with Gasteiger partial charge < -0.3 is 10.6 Å². The van der Waals surface area contributed by atoms with E-state index in [0.29, 0.717) is 17.4 Å². The second-order valence-electron chi connectivity index (χ2n) is 5.77. The van der Waals surface area contributed by atoms with Crippen LogP contribution in [0.2, 0.25) is 0 Å². The summed E-state index contributed by atoms with van der Waals surface area (Å²) >= 11 is 0. The molecule has 0 amide bonds. The van der Waals surface area contributed by atoms with E-state index in [2.05, 4.69) is 36.0 Å². The Balaban J connectivity index is 2.35. The number of anilines is 1. The molecule has 3 N–H and O–H groups in total. The van der Waals surface area contributed by atoms with Crippen molar-refractivity contribution in [3.05, 3.63) is 65.2 Å². The molecule has 0 aliphatic carbocycles. The highest BCUT2D eigenvalue weighted by atomic mass is 15.2. The highest BCUT2D eigenvalue weighted by Crippen LogP contribution is 2.36. The van der Waals surface area contributed by atoms with E-state index in [9.17, 15) is 0 Å². The van der Waals surface area contributed by atoms with Gasteiger partial charge in [0.05, 0.1) is 5.70 Å². The lowest BCUT2D eigenvalue weighted by atomic mass is 9.96. The SMILES string of the molecule is CC(C)N1Cc2ccccc2/C(N=N)=C(/N)c2ccccc21. The fourth-order valence-corrected chi connectivity index (χ4v) is 2.96. The van der Waals surface area contributed by atoms with Gasteiger partial charge in [-0.3, -0.25) is 0 Å². The van der Waals surface area contributed by atoms with Crippen molar-refractivity contribution >= 4 is 17.1 Å². The van der Waals surface area contributed by atoms with Crippen molar-refractivity contribution in [2.45, 2.75) is 26.4 Å². The minimum atomic E-state index is 0.344. The maximum atomic E-state index is 7.58. The first kappa shape index (κ1) is 14.3. The third-order valence-electron chi connectivity index (χ3n) is 4.11. The van der Waals surface area contributed by atoms with E-state index in [4.69, 9.17) is 11.3 Å². The van der Waals surface area contributed by atoms with Crippen LogP contribution in [0.4, 0.5) is 5.69 Å². The molecular formula is C18H20N4. The molecule has 0 atom stereocenters. The van der Waals surface area contributed by atoms with Crippen molar-refractivity contribution in [2.24, 2.45) is 10.8 Å². The molecule has 0 saturated carbocycles. The molecular weight excluding hydrogens is 272 g/mol. The van der Waals surface area contributed by atoms with Crippen LogP contribution in [0.15, 0.2) is 53.6 Å². The van der Waals surface area contributed by atoms with Crippen LogP contribution < -0.4 is 10.6 Å². The number of rotatable bonds is 2. The third-order valence-corrected chi connectivity index (χ3v) is 4.11. The summed E-state index contributed by atoms with van der Waals surface area (Å²) in [6.45, 7) is 5.13. The second-order valence-corrected chi connectivity index (χ2v) is 5.77. The average molecular weight is 292 g/mol. The normalized spacial score (nSPS) is 17.5. The van der Waals surface area contributed by atoms with Crippen LogP contribution in [-0.4, -0.2) is 6.04 Å². The summed E-state index contributed by atoms with van der Waals surface area (Å²) in [7, 11) is 0. The Hall–Kier alpha value is -2.62. The number of nitrogens with one attached hydrogen (secondary N) is 1. The molecule has 0 spiro atoms. The van der Waals surface area contributed by atoms with Gasteiger partial charge >= 0.3 is 0 Å². The first-order chi connectivity index (χ1) is 10.6. The first-order valence-electron chi connectivity index (χ1n) is 7.45. The van der Waals surface area contributed by atoms with Crippen LogP contribution in [0, 0.1) is 5.53 Å². The molecule has 0 bridgehead atoms. The zero-order valence-electron chi connectivity index (χ0n) is 12.9. The molecule has 0 fully saturated rings. The number of hydrogen-bond donors (Lipinski definition) is 2. The van der Waals surface area contributed by atoms with Crippen LogP contribution in [-0.2, 0) is 6.54 Å². The van der Waals surface area contributed by atoms with Crippen LogP contribution >= 0.6 is 0 Å². The monoisotopic (exact) mass is 292 g/mol. The number of fused-ring (bicyclic) bond motifs is 2. The van der Waals surface area contributed by atoms with Gasteiger partial charge in [-0.05, 0) is 25.5 Å². The van der Waals surface area contributed by atoms with Crippen molar-refractivity contribution in [1.29, 1.82) is 5.53 Å². The minimum Gasteiger partial charge on any atom is -0.396 e. The number of benzene rings is 2. The van der Waals surface area contributed by atoms with Crippen molar-refractivity contribution < 1.29 is 0 Å². The smallest absolute Gasteiger partial charge is 0.116 e. The van der Waals surface area contributed by atoms with Crippen molar-refractivity contribution in [2.75, 3.05) is 4.90 Å². The molecule has 0 aromatic heterocycles. The molecule has 4 nitrogen and oxygen atoms in total. The van der Waals surface area contributed by atoms with Gasteiger partial charge in [0.15, 0.2) is 0 Å². The minimum absolute atomic E-state index is 0.344. The lowest BCUT2D eigenvalue weighted by molar-refractivity contribution is 0.680. The fraction of sp³-hybridized carbons (Fsp3) is 0.222. The molecule has 112 valence electrons. The zero-order chi connectivity index (χ0) is 15.7. The van der Waals surface area contributed by atoms with Crippen LogP contribution in [0.25, 0.3) is 11.4 Å². The Morgan fingerprint density at radius 2 is 1.68 bits per heavy atom. The van der Waals surface area contributed by atoms with E-state index in [1.807, 2.05) is 36.4 Å². The van der Waals surface area contributed by atoms with E-state index in [1.165, 1.54) is 0 Å². The topological polar surface area (TPSA) is 65.5 Å². The lowest BCUT2D eigenvalue weighted by Crippen LogP contribution is -2.32. The van der Waals surface area contributed by atoms with Gasteiger partial charge in [-0.1, -0.05) is 42.5 Å². The summed E-state index contributed by atoms with van der Waals surface area (Å²) < 4.78 is 0. The summed E-state index contributed by atoms with van der Waals surface area (Å²) in [5.74, 6) is 0. The highest BCUT2D eigenvalue weighted by molar-refractivity contribution is 5.93. The molecule has 4 heteroatoms. The van der Waals surface area contributed by atoms with Gasteiger partial charge in [0, 0.05) is 29.4 Å². The average Bonchev–Trinajstić information content (AvgIpc) is 2.53. The standard InChI is InChI=1S/C18H20N4/c1-12(2)22-11-13-7-3-4-8-14(13)18(21-20)17(19)15-9-5-6-10-16(15)22/h3-10,12,20H,11,19H2,1-2H3/b18-17-,21-20?. The maximum absolute atomic E-state index is 7.58. The van der Waals surface area contributed by atoms with Gasteiger partial charge in [0.25, 0.3) is 0 Å². The summed E-state index contributed by atoms with van der Waals surface area (Å²) in [5, 5.41) is 3.73. The summed E-state index contributed by atoms with van der Waals surface area (Å²) in [5.41, 5.74) is 19.2. The van der Waals surface area contributed by atoms with E-state index >= 15 is 0 Å². The van der Waals surface area contributed by atoms with Crippen LogP contribution in [0.3, 0.4) is 0 Å². The van der Waals surface area contributed by atoms with Gasteiger partial charge in [0.2, 0.25) is 0 Å². The summed E-state index contributed by atoms with van der Waals surface area (Å²) in [4.78, 5) is 2.34. The lowest BCUT2D eigenvalue weighted by Gasteiger charge is -2.33. The molecule has 22 heavy (non-hydrogen) atoms. The predicted octanol–water partition coefficient (Wildman–Crippen LogP) is 4.23. The summed E-state index contributed by atoms with van der Waals surface area (Å²) in [6.07, 6.45) is 0. The quantitative estimate of drug-likeness (QED) is 0.813. The Bertz CT molecular complexity index is 746. The number of para-hydroxylation sites is 1. The Labute approximate surface area is 130 Å². The largest absolute Gasteiger partial charge is 0.396 e. The molecule has 1 aliphatic rings. The third kappa shape index (κ3) is 2.26. The van der Waals surface area contributed by atoms with Crippen molar-refractivity contribution in [3.8, 4) is 0 Å². The van der Waals surface area contributed by atoms with Crippen molar-refractivity contribution in [3.63, 3.8) is 0 Å². The van der Waals surface area contributed by atoms with Gasteiger partial charge in [-0.2, -0.15) is 5.11 Å². The van der Waals surface area contributed by atoms with Crippen LogP contribution in [0.1, 0.15) is 30.5 Å². The van der Waals surface area contributed by atoms with E-state index in [0.717, 1.165) is 28.9 Å². The van der Waals surface area contributed by atoms with E-state index < -0.39 is 0 Å². The molecule has 3 rings (SSSR count). The molecule has 1 aliphatic heterocycles. The Kier molecular flexibility index (Phi) is 3.67. The van der Waals surface area contributed by atoms with Crippen LogP contribution in [0.5, 0.6) is 0 Å². The van der Waals surface area contributed by atoms with Gasteiger partial charge in [-0.15, -0.1) is 0 Å². The number of hydrogen-bond acceptors (Lipinski definition) is 4. The first-order valence-corrected chi connectivity index (χ1v) is 7.45. The predicted molar refractivity (Wildman–Crippen MR) is 90.4 cm³/mol. The maximum Gasteiger partial charge on any atom is 0.116 e. The number of nitrogens with zero attached hydrogens (tertiary/aromatic N) is 2. The number of nitrogens with two attached hydrogens (primary N) is 1. The van der Waals surface area contributed by atoms with Crippen molar-refractivity contribution in [1.82, 2.24) is 0 Å². The molecule has 0 unspecified atom stereocenters.